The maximum atomic E-state index is 11.1. The summed E-state index contributed by atoms with van der Waals surface area (Å²) in [5.74, 6) is 2.43. The Morgan fingerprint density at radius 2 is 1.97 bits per heavy atom. The molecule has 0 atom stereocenters. The number of nitrogens with zero attached hydrogens (tertiary/aromatic N) is 5. The van der Waals surface area contributed by atoms with E-state index in [0.717, 1.165) is 82.9 Å². The monoisotopic (exact) mass is 522 g/mol. The van der Waals surface area contributed by atoms with Gasteiger partial charge in [-0.3, -0.25) is 4.79 Å². The fraction of sp³-hybridized carbons (Fsp3) is 0.360. The molecule has 1 fully saturated rings. The number of aromatic nitrogens is 4. The molecule has 2 aliphatic rings. The number of ether oxygens (including phenoxy) is 2. The number of anilines is 1. The lowest BCUT2D eigenvalue weighted by Gasteiger charge is -2.29. The van der Waals surface area contributed by atoms with Gasteiger partial charge in [-0.05, 0) is 48.8 Å². The van der Waals surface area contributed by atoms with E-state index in [1.807, 2.05) is 17.0 Å². The predicted molar refractivity (Wildman–Crippen MR) is 140 cm³/mol. The van der Waals surface area contributed by atoms with Crippen LogP contribution in [0.15, 0.2) is 46.0 Å². The summed E-state index contributed by atoms with van der Waals surface area (Å²) in [7, 11) is 0. The summed E-state index contributed by atoms with van der Waals surface area (Å²) in [5.41, 5.74) is 8.63. The molecular weight excluding hydrogens is 496 g/mol. The number of nitrogen functional groups attached to an aromatic ring is 1. The molecule has 6 rings (SSSR count). The van der Waals surface area contributed by atoms with Crippen molar-refractivity contribution in [1.29, 1.82) is 0 Å². The number of thiophene rings is 1. The quantitative estimate of drug-likeness (QED) is 0.358. The number of carbonyl (C=O) groups excluding carboxylic acids is 1. The average Bonchev–Trinajstić information content (AvgIpc) is 3.57. The Morgan fingerprint density at radius 3 is 2.72 bits per heavy atom. The van der Waals surface area contributed by atoms with E-state index in [9.17, 15) is 4.79 Å². The number of rotatable bonds is 7. The van der Waals surface area contributed by atoms with Crippen LogP contribution in [0.4, 0.5) is 5.82 Å². The molecule has 11 heteroatoms. The summed E-state index contributed by atoms with van der Waals surface area (Å²) in [6.45, 7) is 3.47. The largest absolute Gasteiger partial charge is 0.486 e. The number of hydrogen-bond donors (Lipinski definition) is 1. The molecule has 2 N–H and O–H groups in total. The SMILES string of the molecule is Nc1ncnc2c1nc(Sc1cc3c(cc1-c1cccs1)OCCO3)n2CCC1CCN(C=O)CC1. The van der Waals surface area contributed by atoms with Crippen molar-refractivity contribution in [3.05, 3.63) is 36.0 Å². The van der Waals surface area contributed by atoms with Gasteiger partial charge in [-0.1, -0.05) is 17.8 Å². The van der Waals surface area contributed by atoms with Gasteiger partial charge in [0.2, 0.25) is 6.41 Å². The smallest absolute Gasteiger partial charge is 0.209 e. The van der Waals surface area contributed by atoms with Crippen LogP contribution < -0.4 is 15.2 Å². The fourth-order valence-electron chi connectivity index (χ4n) is 4.75. The molecule has 2 aliphatic heterocycles. The molecule has 0 aliphatic carbocycles. The van der Waals surface area contributed by atoms with Gasteiger partial charge in [-0.15, -0.1) is 11.3 Å². The first kappa shape index (κ1) is 23.1. The molecule has 1 amide bonds. The third kappa shape index (κ3) is 4.48. The minimum absolute atomic E-state index is 0.376. The molecule has 4 aromatic rings. The van der Waals surface area contributed by atoms with Crippen LogP contribution in [-0.4, -0.2) is 57.1 Å². The Morgan fingerprint density at radius 1 is 1.17 bits per heavy atom. The Bertz CT molecular complexity index is 1380. The normalized spacial score (nSPS) is 15.9. The molecule has 0 saturated carbocycles. The van der Waals surface area contributed by atoms with E-state index < -0.39 is 0 Å². The van der Waals surface area contributed by atoms with Crippen LogP contribution in [0.5, 0.6) is 11.5 Å². The Labute approximate surface area is 216 Å². The molecule has 186 valence electrons. The third-order valence-corrected chi connectivity index (χ3v) is 8.67. The number of aryl methyl sites for hydroxylation is 1. The molecule has 1 saturated heterocycles. The fourth-order valence-corrected chi connectivity index (χ4v) is 6.64. The number of nitrogens with two attached hydrogens (primary N) is 1. The van der Waals surface area contributed by atoms with Crippen molar-refractivity contribution in [3.8, 4) is 21.9 Å². The number of fused-ring (bicyclic) bond motifs is 2. The maximum absolute atomic E-state index is 11.1. The molecule has 3 aromatic heterocycles. The Kier molecular flexibility index (Phi) is 6.41. The summed E-state index contributed by atoms with van der Waals surface area (Å²) < 4.78 is 13.9. The second kappa shape index (κ2) is 9.98. The summed E-state index contributed by atoms with van der Waals surface area (Å²) in [6.07, 6.45) is 5.44. The third-order valence-electron chi connectivity index (χ3n) is 6.72. The number of likely N-dealkylation sites (tertiary alicyclic amines) is 1. The lowest BCUT2D eigenvalue weighted by Crippen LogP contribution is -2.32. The van der Waals surface area contributed by atoms with Crippen LogP contribution in [-0.2, 0) is 11.3 Å². The highest BCUT2D eigenvalue weighted by atomic mass is 32.2. The number of piperidine rings is 1. The number of hydrogen-bond acceptors (Lipinski definition) is 9. The van der Waals surface area contributed by atoms with Crippen LogP contribution in [0.1, 0.15) is 19.3 Å². The molecule has 9 nitrogen and oxygen atoms in total. The first-order valence-corrected chi connectivity index (χ1v) is 13.7. The molecule has 0 radical (unpaired) electrons. The van der Waals surface area contributed by atoms with E-state index in [1.54, 1.807) is 23.1 Å². The van der Waals surface area contributed by atoms with Crippen LogP contribution >= 0.6 is 23.1 Å². The van der Waals surface area contributed by atoms with Gasteiger partial charge in [0.05, 0.1) is 0 Å². The number of amides is 1. The van der Waals surface area contributed by atoms with Crippen molar-refractivity contribution >= 4 is 46.5 Å². The van der Waals surface area contributed by atoms with Gasteiger partial charge in [-0.2, -0.15) is 0 Å². The van der Waals surface area contributed by atoms with Crippen molar-refractivity contribution in [2.45, 2.75) is 35.9 Å². The van der Waals surface area contributed by atoms with E-state index in [1.165, 1.54) is 6.33 Å². The van der Waals surface area contributed by atoms with Crippen LogP contribution in [0, 0.1) is 5.92 Å². The van der Waals surface area contributed by atoms with Crippen LogP contribution in [0.3, 0.4) is 0 Å². The number of benzene rings is 1. The van der Waals surface area contributed by atoms with Gasteiger partial charge in [-0.25, -0.2) is 15.0 Å². The van der Waals surface area contributed by atoms with E-state index >= 15 is 0 Å². The Balaban J connectivity index is 1.35. The van der Waals surface area contributed by atoms with E-state index in [0.29, 0.717) is 30.5 Å². The van der Waals surface area contributed by atoms with E-state index in [-0.39, 0.29) is 0 Å². The van der Waals surface area contributed by atoms with Gasteiger partial charge in [0.25, 0.3) is 0 Å². The Hall–Kier alpha value is -3.31. The summed E-state index contributed by atoms with van der Waals surface area (Å²) >= 11 is 3.27. The zero-order valence-electron chi connectivity index (χ0n) is 19.6. The second-order valence-electron chi connectivity index (χ2n) is 8.92. The topological polar surface area (TPSA) is 108 Å². The average molecular weight is 523 g/mol. The lowest BCUT2D eigenvalue weighted by atomic mass is 9.94. The van der Waals surface area contributed by atoms with Gasteiger partial charge in [0.15, 0.2) is 33.6 Å². The second-order valence-corrected chi connectivity index (χ2v) is 10.9. The standard InChI is InChI=1S/C25H26N6O3S2/c26-23-22-24(28-14-27-23)31(8-5-16-3-6-30(15-32)7-4-16)25(29-22)36-21-13-19-18(33-9-10-34-19)12-17(21)20-2-1-11-35-20/h1-2,11-16H,3-10H2,(H2,26,27,28). The van der Waals surface area contributed by atoms with Crippen molar-refractivity contribution in [2.75, 3.05) is 32.0 Å². The lowest BCUT2D eigenvalue weighted by molar-refractivity contribution is -0.119. The first-order chi connectivity index (χ1) is 17.7. The van der Waals surface area contributed by atoms with Gasteiger partial charge < -0.3 is 24.7 Å². The summed E-state index contributed by atoms with van der Waals surface area (Å²) in [5, 5.41) is 2.89. The predicted octanol–water partition coefficient (Wildman–Crippen LogP) is 4.32. The van der Waals surface area contributed by atoms with E-state index in [2.05, 4.69) is 32.0 Å². The van der Waals surface area contributed by atoms with Gasteiger partial charge >= 0.3 is 0 Å². The van der Waals surface area contributed by atoms with E-state index in [4.69, 9.17) is 20.2 Å². The number of imidazole rings is 1. The highest BCUT2D eigenvalue weighted by Crippen LogP contribution is 2.45. The van der Waals surface area contributed by atoms with Crippen molar-refractivity contribution < 1.29 is 14.3 Å². The summed E-state index contributed by atoms with van der Waals surface area (Å²) in [4.78, 5) is 28.7. The first-order valence-electron chi connectivity index (χ1n) is 12.0. The van der Waals surface area contributed by atoms with Crippen molar-refractivity contribution in [1.82, 2.24) is 24.4 Å². The molecule has 0 unspecified atom stereocenters. The highest BCUT2D eigenvalue weighted by Gasteiger charge is 2.23. The minimum Gasteiger partial charge on any atom is -0.486 e. The molecule has 0 spiro atoms. The zero-order valence-corrected chi connectivity index (χ0v) is 21.3. The molecule has 0 bridgehead atoms. The van der Waals surface area contributed by atoms with Crippen LogP contribution in [0.2, 0.25) is 0 Å². The molecule has 1 aromatic carbocycles. The van der Waals surface area contributed by atoms with Crippen LogP contribution in [0.25, 0.3) is 21.6 Å². The van der Waals surface area contributed by atoms with Gasteiger partial charge in [0, 0.05) is 35.0 Å². The summed E-state index contributed by atoms with van der Waals surface area (Å²) in [6, 6.07) is 8.26. The highest BCUT2D eigenvalue weighted by molar-refractivity contribution is 7.99. The molecule has 5 heterocycles. The molecular formula is C25H26N6O3S2. The maximum Gasteiger partial charge on any atom is 0.209 e. The minimum atomic E-state index is 0.376. The van der Waals surface area contributed by atoms with Gasteiger partial charge in [0.1, 0.15) is 19.5 Å². The molecule has 36 heavy (non-hydrogen) atoms. The zero-order chi connectivity index (χ0) is 24.5. The number of carbonyl (C=O) groups is 1. The van der Waals surface area contributed by atoms with Crippen molar-refractivity contribution in [3.63, 3.8) is 0 Å². The van der Waals surface area contributed by atoms with Crippen molar-refractivity contribution in [2.24, 2.45) is 5.92 Å².